The van der Waals surface area contributed by atoms with Crippen LogP contribution in [0.5, 0.6) is 0 Å². The minimum Gasteiger partial charge on any atom is -0.350 e. The third-order valence-corrected chi connectivity index (χ3v) is 3.12. The topological polar surface area (TPSA) is 32.3 Å². The van der Waals surface area contributed by atoms with Gasteiger partial charge < -0.3 is 10.2 Å². The van der Waals surface area contributed by atoms with Crippen LogP contribution in [-0.4, -0.2) is 24.9 Å². The fourth-order valence-corrected chi connectivity index (χ4v) is 1.95. The van der Waals surface area contributed by atoms with E-state index in [1.807, 2.05) is 0 Å². The van der Waals surface area contributed by atoms with E-state index in [0.29, 0.717) is 5.56 Å². The van der Waals surface area contributed by atoms with Crippen LogP contribution in [0.25, 0.3) is 0 Å². The van der Waals surface area contributed by atoms with E-state index in [2.05, 4.69) is 5.32 Å². The molecule has 0 saturated carbocycles. The van der Waals surface area contributed by atoms with Gasteiger partial charge in [0, 0.05) is 14.1 Å². The Bertz CT molecular complexity index is 730. The molecule has 0 atom stereocenters. The number of carbonyl (C=O) groups excluding carboxylic acids is 1. The lowest BCUT2D eigenvalue weighted by Gasteiger charge is -2.17. The molecule has 0 spiro atoms. The van der Waals surface area contributed by atoms with E-state index < -0.39 is 23.4 Å². The third kappa shape index (κ3) is 3.05. The lowest BCUT2D eigenvalue weighted by atomic mass is 10.1. The predicted molar refractivity (Wildman–Crippen MR) is 78.8 cm³/mol. The van der Waals surface area contributed by atoms with Gasteiger partial charge in [0.15, 0.2) is 11.6 Å². The molecule has 1 N–H and O–H groups in total. The summed E-state index contributed by atoms with van der Waals surface area (Å²) in [6.07, 6.45) is 0. The van der Waals surface area contributed by atoms with E-state index in [-0.39, 0.29) is 16.9 Å². The Morgan fingerprint density at radius 2 is 1.73 bits per heavy atom. The van der Waals surface area contributed by atoms with Crippen LogP contribution in [0.15, 0.2) is 30.3 Å². The van der Waals surface area contributed by atoms with Gasteiger partial charge in [0.2, 0.25) is 0 Å². The third-order valence-electron chi connectivity index (χ3n) is 3.12. The van der Waals surface area contributed by atoms with Crippen LogP contribution in [0.1, 0.15) is 15.9 Å². The molecule has 6 heteroatoms. The lowest BCUT2D eigenvalue weighted by molar-refractivity contribution is 0.0828. The largest absolute Gasteiger partial charge is 0.350 e. The van der Waals surface area contributed by atoms with Gasteiger partial charge in [0.05, 0.1) is 16.9 Å². The van der Waals surface area contributed by atoms with Gasteiger partial charge in [-0.05, 0) is 36.8 Å². The number of benzene rings is 2. The molecule has 0 unspecified atom stereocenters. The van der Waals surface area contributed by atoms with E-state index in [9.17, 15) is 18.0 Å². The summed E-state index contributed by atoms with van der Waals surface area (Å²) in [5, 5.41) is 2.48. The number of aryl methyl sites for hydroxylation is 1. The van der Waals surface area contributed by atoms with Crippen molar-refractivity contribution in [2.75, 3.05) is 19.4 Å². The molecule has 0 bridgehead atoms. The lowest BCUT2D eigenvalue weighted by Crippen LogP contribution is -2.23. The molecule has 2 aromatic carbocycles. The Morgan fingerprint density at radius 1 is 1.05 bits per heavy atom. The van der Waals surface area contributed by atoms with Gasteiger partial charge >= 0.3 is 0 Å². The second-order valence-electron chi connectivity index (χ2n) is 5.09. The molecule has 22 heavy (non-hydrogen) atoms. The van der Waals surface area contributed by atoms with Crippen molar-refractivity contribution >= 4 is 17.3 Å². The molecule has 0 radical (unpaired) electrons. The molecule has 0 fully saturated rings. The van der Waals surface area contributed by atoms with Gasteiger partial charge in [0.1, 0.15) is 5.82 Å². The average molecular weight is 308 g/mol. The summed E-state index contributed by atoms with van der Waals surface area (Å²) in [5.41, 5.74) is 0.181. The molecule has 0 aliphatic carbocycles. The van der Waals surface area contributed by atoms with E-state index >= 15 is 0 Å². The Hall–Kier alpha value is -2.50. The first-order valence-corrected chi connectivity index (χ1v) is 6.54. The monoisotopic (exact) mass is 308 g/mol. The molecule has 0 saturated heterocycles. The summed E-state index contributed by atoms with van der Waals surface area (Å²) in [5.74, 6) is -3.49. The Labute approximate surface area is 126 Å². The van der Waals surface area contributed by atoms with Crippen molar-refractivity contribution < 1.29 is 18.0 Å². The van der Waals surface area contributed by atoms with Gasteiger partial charge in [-0.15, -0.1) is 0 Å². The molecule has 0 heterocycles. The van der Waals surface area contributed by atoms with Crippen LogP contribution >= 0.6 is 0 Å². The molecular weight excluding hydrogens is 293 g/mol. The zero-order valence-electron chi connectivity index (χ0n) is 12.4. The quantitative estimate of drug-likeness (QED) is 0.934. The van der Waals surface area contributed by atoms with Crippen molar-refractivity contribution in [1.29, 1.82) is 0 Å². The number of hydrogen-bond donors (Lipinski definition) is 1. The van der Waals surface area contributed by atoms with Crippen molar-refractivity contribution in [1.82, 2.24) is 4.90 Å². The van der Waals surface area contributed by atoms with Crippen molar-refractivity contribution in [3.05, 3.63) is 58.9 Å². The smallest absolute Gasteiger partial charge is 0.255 e. The number of rotatable bonds is 3. The van der Waals surface area contributed by atoms with E-state index in [1.165, 1.54) is 31.1 Å². The maximum atomic E-state index is 14.1. The zero-order valence-corrected chi connectivity index (χ0v) is 12.4. The van der Waals surface area contributed by atoms with E-state index in [4.69, 9.17) is 0 Å². The van der Waals surface area contributed by atoms with Gasteiger partial charge in [-0.3, -0.25) is 4.79 Å². The molecule has 3 nitrogen and oxygen atoms in total. The normalized spacial score (nSPS) is 10.5. The van der Waals surface area contributed by atoms with Gasteiger partial charge in [-0.2, -0.15) is 0 Å². The first-order valence-electron chi connectivity index (χ1n) is 6.54. The number of anilines is 2. The van der Waals surface area contributed by atoms with Gasteiger partial charge in [0.25, 0.3) is 5.91 Å². The summed E-state index contributed by atoms with van der Waals surface area (Å²) in [7, 11) is 2.97. The highest BCUT2D eigenvalue weighted by Gasteiger charge is 2.21. The second kappa shape index (κ2) is 6.09. The minimum atomic E-state index is -1.23. The molecule has 1 amide bonds. The summed E-state index contributed by atoms with van der Waals surface area (Å²) >= 11 is 0. The highest BCUT2D eigenvalue weighted by molar-refractivity contribution is 6.00. The number of hydrogen-bond acceptors (Lipinski definition) is 2. The Morgan fingerprint density at radius 3 is 2.32 bits per heavy atom. The van der Waals surface area contributed by atoms with Crippen LogP contribution in [0.4, 0.5) is 24.5 Å². The molecule has 0 aliphatic rings. The minimum absolute atomic E-state index is 0.0390. The first kappa shape index (κ1) is 15.9. The van der Waals surface area contributed by atoms with Crippen molar-refractivity contribution in [2.24, 2.45) is 0 Å². The Kier molecular flexibility index (Phi) is 4.40. The highest BCUT2D eigenvalue weighted by Crippen LogP contribution is 2.28. The number of amides is 1. The number of halogens is 3. The zero-order chi connectivity index (χ0) is 16.4. The van der Waals surface area contributed by atoms with Crippen molar-refractivity contribution in [2.45, 2.75) is 6.92 Å². The standard InChI is InChI=1S/C16H15F3N2O/c1-9-4-7-13(12(18)8-9)20-15-10(16(22)21(2)3)5-6-11(17)14(15)19/h4-8,20H,1-3H3. The van der Waals surface area contributed by atoms with Crippen LogP contribution in [0.2, 0.25) is 0 Å². The predicted octanol–water partition coefficient (Wildman–Crippen LogP) is 3.86. The highest BCUT2D eigenvalue weighted by atomic mass is 19.2. The first-order chi connectivity index (χ1) is 10.3. The van der Waals surface area contributed by atoms with Crippen LogP contribution < -0.4 is 5.32 Å². The maximum absolute atomic E-state index is 14.1. The summed E-state index contributed by atoms with van der Waals surface area (Å²) in [6, 6.07) is 6.31. The van der Waals surface area contributed by atoms with E-state index in [0.717, 1.165) is 12.1 Å². The Balaban J connectivity index is 2.53. The van der Waals surface area contributed by atoms with Crippen molar-refractivity contribution in [3.8, 4) is 0 Å². The molecule has 0 aliphatic heterocycles. The maximum Gasteiger partial charge on any atom is 0.255 e. The molecule has 0 aromatic heterocycles. The van der Waals surface area contributed by atoms with Crippen LogP contribution in [0, 0.1) is 24.4 Å². The molecule has 116 valence electrons. The number of nitrogens with one attached hydrogen (secondary N) is 1. The van der Waals surface area contributed by atoms with Crippen LogP contribution in [-0.2, 0) is 0 Å². The number of nitrogens with zero attached hydrogens (tertiary/aromatic N) is 1. The second-order valence-corrected chi connectivity index (χ2v) is 5.09. The van der Waals surface area contributed by atoms with Crippen molar-refractivity contribution in [3.63, 3.8) is 0 Å². The molecular formula is C16H15F3N2O. The SMILES string of the molecule is Cc1ccc(Nc2c(C(=O)N(C)C)ccc(F)c2F)c(F)c1. The summed E-state index contributed by atoms with van der Waals surface area (Å²) in [6.45, 7) is 1.70. The van der Waals surface area contributed by atoms with E-state index in [1.54, 1.807) is 13.0 Å². The van der Waals surface area contributed by atoms with Gasteiger partial charge in [-0.25, -0.2) is 13.2 Å². The molecule has 2 rings (SSSR count). The fourth-order valence-electron chi connectivity index (χ4n) is 1.95. The van der Waals surface area contributed by atoms with Gasteiger partial charge in [-0.1, -0.05) is 6.07 Å². The fraction of sp³-hybridized carbons (Fsp3) is 0.188. The number of carbonyl (C=O) groups is 1. The van der Waals surface area contributed by atoms with Crippen LogP contribution in [0.3, 0.4) is 0 Å². The summed E-state index contributed by atoms with van der Waals surface area (Å²) in [4.78, 5) is 13.3. The average Bonchev–Trinajstić information content (AvgIpc) is 2.45. The molecule has 2 aromatic rings. The summed E-state index contributed by atoms with van der Waals surface area (Å²) < 4.78 is 41.4.